The molecule has 1 rings (SSSR count). The van der Waals surface area contributed by atoms with Crippen molar-refractivity contribution >= 4 is 12.2 Å². The molecule has 0 radical (unpaired) electrons. The summed E-state index contributed by atoms with van der Waals surface area (Å²) in [5.74, 6) is 0. The highest BCUT2D eigenvalue weighted by Crippen LogP contribution is 2.05. The minimum atomic E-state index is 0.0137. The molecule has 0 spiro atoms. The lowest BCUT2D eigenvalue weighted by Crippen LogP contribution is -2.21. The number of nitrogens with zero attached hydrogens (tertiary/aromatic N) is 1. The van der Waals surface area contributed by atoms with Crippen LogP contribution >= 0.6 is 12.2 Å². The maximum Gasteiger partial charge on any atom is 0.254 e. The van der Waals surface area contributed by atoms with E-state index in [0.29, 0.717) is 4.77 Å². The summed E-state index contributed by atoms with van der Waals surface area (Å²) in [6, 6.07) is 1.60. The molecular formula is C13H22N2OS. The molecule has 1 N–H and O–H groups in total. The Hall–Kier alpha value is -0.900. The predicted octanol–water partition coefficient (Wildman–Crippen LogP) is 3.57. The molecule has 0 fully saturated rings. The summed E-state index contributed by atoms with van der Waals surface area (Å²) in [6.45, 7) is 4.80. The van der Waals surface area contributed by atoms with Crippen molar-refractivity contribution in [3.63, 3.8) is 0 Å². The fraction of sp³-hybridized carbons (Fsp3) is 0.692. The van der Waals surface area contributed by atoms with Gasteiger partial charge in [-0.3, -0.25) is 9.36 Å². The van der Waals surface area contributed by atoms with Gasteiger partial charge in [0, 0.05) is 18.3 Å². The molecule has 17 heavy (non-hydrogen) atoms. The highest BCUT2D eigenvalue weighted by Gasteiger charge is 1.99. The maximum absolute atomic E-state index is 11.7. The largest absolute Gasteiger partial charge is 0.336 e. The second-order valence-electron chi connectivity index (χ2n) is 4.52. The Morgan fingerprint density at radius 3 is 2.53 bits per heavy atom. The summed E-state index contributed by atoms with van der Waals surface area (Å²) < 4.78 is 2.20. The van der Waals surface area contributed by atoms with Crippen LogP contribution in [0.4, 0.5) is 0 Å². The van der Waals surface area contributed by atoms with Gasteiger partial charge in [0.05, 0.1) is 0 Å². The highest BCUT2D eigenvalue weighted by molar-refractivity contribution is 7.71. The minimum absolute atomic E-state index is 0.0137. The van der Waals surface area contributed by atoms with Crippen LogP contribution in [0.15, 0.2) is 10.9 Å². The SMILES string of the molecule is CCCCCCCCn1c(=O)cc(C)[nH]c1=S. The van der Waals surface area contributed by atoms with Crippen molar-refractivity contribution in [3.8, 4) is 0 Å². The van der Waals surface area contributed by atoms with Crippen LogP contribution in [-0.4, -0.2) is 9.55 Å². The number of rotatable bonds is 7. The van der Waals surface area contributed by atoms with Crippen LogP contribution in [0.2, 0.25) is 0 Å². The Balaban J connectivity index is 2.42. The Morgan fingerprint density at radius 2 is 1.88 bits per heavy atom. The van der Waals surface area contributed by atoms with E-state index < -0.39 is 0 Å². The lowest BCUT2D eigenvalue weighted by Gasteiger charge is -2.06. The van der Waals surface area contributed by atoms with Crippen molar-refractivity contribution in [1.82, 2.24) is 9.55 Å². The zero-order valence-corrected chi connectivity index (χ0v) is 11.6. The van der Waals surface area contributed by atoms with E-state index in [1.807, 2.05) is 6.92 Å². The third kappa shape index (κ3) is 4.86. The van der Waals surface area contributed by atoms with Gasteiger partial charge in [0.2, 0.25) is 0 Å². The third-order valence-corrected chi connectivity index (χ3v) is 3.21. The smallest absolute Gasteiger partial charge is 0.254 e. The number of aromatic nitrogens is 2. The molecule has 0 bridgehead atoms. The molecule has 0 saturated carbocycles. The van der Waals surface area contributed by atoms with E-state index >= 15 is 0 Å². The molecule has 0 saturated heterocycles. The monoisotopic (exact) mass is 254 g/mol. The Morgan fingerprint density at radius 1 is 1.24 bits per heavy atom. The van der Waals surface area contributed by atoms with Crippen molar-refractivity contribution in [2.24, 2.45) is 0 Å². The van der Waals surface area contributed by atoms with Crippen molar-refractivity contribution in [1.29, 1.82) is 0 Å². The summed E-state index contributed by atoms with van der Waals surface area (Å²) in [4.78, 5) is 14.7. The fourth-order valence-corrected chi connectivity index (χ4v) is 2.24. The van der Waals surface area contributed by atoms with Gasteiger partial charge in [-0.05, 0) is 25.6 Å². The maximum atomic E-state index is 11.7. The van der Waals surface area contributed by atoms with Gasteiger partial charge in [0.1, 0.15) is 0 Å². The van der Waals surface area contributed by atoms with Crippen molar-refractivity contribution in [2.75, 3.05) is 0 Å². The van der Waals surface area contributed by atoms with E-state index in [1.165, 1.54) is 32.1 Å². The van der Waals surface area contributed by atoms with Crippen molar-refractivity contribution in [3.05, 3.63) is 26.9 Å². The average Bonchev–Trinajstić information content (AvgIpc) is 2.26. The number of nitrogens with one attached hydrogen (secondary N) is 1. The zero-order valence-electron chi connectivity index (χ0n) is 10.8. The molecule has 0 aliphatic rings. The Kier molecular flexibility index (Phi) is 6.19. The van der Waals surface area contributed by atoms with E-state index in [-0.39, 0.29) is 5.56 Å². The fourth-order valence-electron chi connectivity index (χ4n) is 1.90. The van der Waals surface area contributed by atoms with Crippen LogP contribution in [0, 0.1) is 11.7 Å². The lowest BCUT2D eigenvalue weighted by molar-refractivity contribution is 0.540. The molecular weight excluding hydrogens is 232 g/mol. The van der Waals surface area contributed by atoms with E-state index in [0.717, 1.165) is 18.7 Å². The van der Waals surface area contributed by atoms with Crippen LogP contribution in [0.1, 0.15) is 51.1 Å². The van der Waals surface area contributed by atoms with Gasteiger partial charge in [-0.25, -0.2) is 0 Å². The first-order valence-electron chi connectivity index (χ1n) is 6.46. The highest BCUT2D eigenvalue weighted by atomic mass is 32.1. The number of unbranched alkanes of at least 4 members (excludes halogenated alkanes) is 5. The summed E-state index contributed by atoms with van der Waals surface area (Å²) in [5, 5.41) is 0. The van der Waals surface area contributed by atoms with Gasteiger partial charge >= 0.3 is 0 Å². The predicted molar refractivity (Wildman–Crippen MR) is 74.0 cm³/mol. The molecule has 96 valence electrons. The topological polar surface area (TPSA) is 37.8 Å². The van der Waals surface area contributed by atoms with Crippen LogP contribution in [0.25, 0.3) is 0 Å². The van der Waals surface area contributed by atoms with Gasteiger partial charge in [-0.2, -0.15) is 0 Å². The van der Waals surface area contributed by atoms with Gasteiger partial charge in [0.25, 0.3) is 5.56 Å². The van der Waals surface area contributed by atoms with Crippen molar-refractivity contribution < 1.29 is 0 Å². The Bertz CT molecular complexity index is 416. The number of hydrogen-bond donors (Lipinski definition) is 1. The quantitative estimate of drug-likeness (QED) is 0.596. The second kappa shape index (κ2) is 7.43. The number of H-pyrrole nitrogens is 1. The first-order chi connectivity index (χ1) is 8.15. The first-order valence-corrected chi connectivity index (χ1v) is 6.86. The van der Waals surface area contributed by atoms with Crippen LogP contribution in [0.3, 0.4) is 0 Å². The molecule has 1 heterocycles. The van der Waals surface area contributed by atoms with Gasteiger partial charge < -0.3 is 4.98 Å². The van der Waals surface area contributed by atoms with E-state index in [1.54, 1.807) is 10.6 Å². The molecule has 0 aliphatic heterocycles. The van der Waals surface area contributed by atoms with Crippen LogP contribution in [-0.2, 0) is 6.54 Å². The molecule has 4 heteroatoms. The third-order valence-electron chi connectivity index (χ3n) is 2.89. The number of hydrogen-bond acceptors (Lipinski definition) is 2. The van der Waals surface area contributed by atoms with Crippen molar-refractivity contribution in [2.45, 2.75) is 58.9 Å². The molecule has 0 unspecified atom stereocenters. The summed E-state index contributed by atoms with van der Waals surface area (Å²) in [7, 11) is 0. The molecule has 1 aromatic heterocycles. The van der Waals surface area contributed by atoms with Gasteiger partial charge in [-0.15, -0.1) is 0 Å². The summed E-state index contributed by atoms with van der Waals surface area (Å²) >= 11 is 5.15. The molecule has 0 aromatic carbocycles. The molecule has 0 amide bonds. The van der Waals surface area contributed by atoms with Crippen LogP contribution < -0.4 is 5.56 Å². The second-order valence-corrected chi connectivity index (χ2v) is 4.90. The molecule has 0 atom stereocenters. The summed E-state index contributed by atoms with van der Waals surface area (Å²) in [5.41, 5.74) is 0.846. The van der Waals surface area contributed by atoms with Crippen LogP contribution in [0.5, 0.6) is 0 Å². The first kappa shape index (κ1) is 14.2. The minimum Gasteiger partial charge on any atom is -0.336 e. The number of aromatic amines is 1. The Labute approximate surface area is 108 Å². The summed E-state index contributed by atoms with van der Waals surface area (Å²) in [6.07, 6.45) is 7.34. The normalized spacial score (nSPS) is 10.7. The molecule has 0 aliphatic carbocycles. The average molecular weight is 254 g/mol. The van der Waals surface area contributed by atoms with E-state index in [9.17, 15) is 4.79 Å². The standard InChI is InChI=1S/C13H22N2OS/c1-3-4-5-6-7-8-9-15-12(16)10-11(2)14-13(15)17/h10H,3-9H2,1-2H3,(H,14,17). The van der Waals surface area contributed by atoms with E-state index in [4.69, 9.17) is 12.2 Å². The number of aryl methyl sites for hydroxylation is 1. The van der Waals surface area contributed by atoms with E-state index in [2.05, 4.69) is 11.9 Å². The lowest BCUT2D eigenvalue weighted by atomic mass is 10.1. The zero-order chi connectivity index (χ0) is 12.7. The molecule has 1 aromatic rings. The van der Waals surface area contributed by atoms with Gasteiger partial charge in [0.15, 0.2) is 4.77 Å². The van der Waals surface area contributed by atoms with Gasteiger partial charge in [-0.1, -0.05) is 39.0 Å². The molecule has 3 nitrogen and oxygen atoms in total.